The first-order valence-corrected chi connectivity index (χ1v) is 8.99. The molecule has 0 radical (unpaired) electrons. The topological polar surface area (TPSA) is 33.3 Å². The lowest BCUT2D eigenvalue weighted by molar-refractivity contribution is 0.133. The Morgan fingerprint density at radius 1 is 1.14 bits per heavy atom. The number of nitrogens with one attached hydrogen (secondary N) is 2. The van der Waals surface area contributed by atoms with Crippen molar-refractivity contribution in [3.63, 3.8) is 0 Å². The highest BCUT2D eigenvalue weighted by Crippen LogP contribution is 2.32. The van der Waals surface area contributed by atoms with Crippen LogP contribution in [-0.4, -0.2) is 25.2 Å². The first-order chi connectivity index (χ1) is 10.9. The molecule has 1 saturated carbocycles. The van der Waals surface area contributed by atoms with Crippen molar-refractivity contribution in [3.8, 4) is 0 Å². The molecule has 3 atom stereocenters. The average Bonchev–Trinajstić information content (AvgIpc) is 3.22. The summed E-state index contributed by atoms with van der Waals surface area (Å²) >= 11 is 0. The Labute approximate surface area is 134 Å². The third kappa shape index (κ3) is 3.89. The van der Waals surface area contributed by atoms with Gasteiger partial charge in [-0.3, -0.25) is 0 Å². The van der Waals surface area contributed by atoms with E-state index in [1.54, 1.807) is 0 Å². The zero-order valence-corrected chi connectivity index (χ0v) is 13.8. The van der Waals surface area contributed by atoms with Crippen molar-refractivity contribution < 1.29 is 4.74 Å². The molecule has 3 heteroatoms. The smallest absolute Gasteiger partial charge is 0.0719 e. The van der Waals surface area contributed by atoms with Crippen LogP contribution in [0.15, 0.2) is 24.3 Å². The second-order valence-electron chi connectivity index (χ2n) is 6.69. The zero-order valence-electron chi connectivity index (χ0n) is 13.8. The summed E-state index contributed by atoms with van der Waals surface area (Å²) in [5.41, 5.74) is 2.71. The molecule has 1 aliphatic heterocycles. The van der Waals surface area contributed by atoms with Gasteiger partial charge in [0.15, 0.2) is 0 Å². The molecule has 0 bridgehead atoms. The van der Waals surface area contributed by atoms with Crippen LogP contribution in [0.1, 0.15) is 50.2 Å². The minimum atomic E-state index is 0.677. The van der Waals surface area contributed by atoms with E-state index in [0.717, 1.165) is 31.7 Å². The summed E-state index contributed by atoms with van der Waals surface area (Å²) in [5, 5.41) is 7.55. The highest BCUT2D eigenvalue weighted by Gasteiger charge is 2.34. The SMILES string of the molecule is CCOCc1ccccc1CNC1CCCC1C1CCCN1. The Hall–Kier alpha value is -0.900. The van der Waals surface area contributed by atoms with Gasteiger partial charge in [-0.25, -0.2) is 0 Å². The molecule has 0 aromatic heterocycles. The van der Waals surface area contributed by atoms with Gasteiger partial charge in [0, 0.05) is 25.2 Å². The maximum atomic E-state index is 5.60. The second kappa shape index (κ2) is 8.09. The fourth-order valence-corrected chi connectivity index (χ4v) is 4.12. The third-order valence-corrected chi connectivity index (χ3v) is 5.32. The number of ether oxygens (including phenoxy) is 1. The summed E-state index contributed by atoms with van der Waals surface area (Å²) in [5.74, 6) is 0.821. The second-order valence-corrected chi connectivity index (χ2v) is 6.69. The van der Waals surface area contributed by atoms with Gasteiger partial charge in [0.25, 0.3) is 0 Å². The van der Waals surface area contributed by atoms with E-state index in [2.05, 4.69) is 41.8 Å². The fourth-order valence-electron chi connectivity index (χ4n) is 4.12. The summed E-state index contributed by atoms with van der Waals surface area (Å²) in [6, 6.07) is 10.1. The number of hydrogen-bond donors (Lipinski definition) is 2. The molecule has 3 nitrogen and oxygen atoms in total. The third-order valence-electron chi connectivity index (χ3n) is 5.32. The maximum absolute atomic E-state index is 5.60. The molecule has 122 valence electrons. The molecule has 1 aromatic carbocycles. The summed E-state index contributed by atoms with van der Waals surface area (Å²) < 4.78 is 5.60. The van der Waals surface area contributed by atoms with Crippen LogP contribution in [0.4, 0.5) is 0 Å². The Bertz CT molecular complexity index is 457. The lowest BCUT2D eigenvalue weighted by Gasteiger charge is -2.27. The molecular formula is C19H30N2O. The van der Waals surface area contributed by atoms with Gasteiger partial charge in [0.2, 0.25) is 0 Å². The van der Waals surface area contributed by atoms with Gasteiger partial charge in [-0.05, 0) is 56.2 Å². The fraction of sp³-hybridized carbons (Fsp3) is 0.684. The quantitative estimate of drug-likeness (QED) is 0.811. The summed E-state index contributed by atoms with van der Waals surface area (Å²) in [4.78, 5) is 0. The molecule has 22 heavy (non-hydrogen) atoms. The molecule has 1 heterocycles. The summed E-state index contributed by atoms with van der Waals surface area (Å²) in [6.07, 6.45) is 6.81. The highest BCUT2D eigenvalue weighted by atomic mass is 16.5. The van der Waals surface area contributed by atoms with Crippen LogP contribution in [0.3, 0.4) is 0 Å². The number of hydrogen-bond acceptors (Lipinski definition) is 3. The van der Waals surface area contributed by atoms with Crippen molar-refractivity contribution >= 4 is 0 Å². The molecule has 1 aromatic rings. The van der Waals surface area contributed by atoms with E-state index in [1.807, 2.05) is 0 Å². The molecule has 1 aliphatic carbocycles. The van der Waals surface area contributed by atoms with Gasteiger partial charge < -0.3 is 15.4 Å². The predicted octanol–water partition coefficient (Wildman–Crippen LogP) is 3.23. The van der Waals surface area contributed by atoms with Gasteiger partial charge in [-0.2, -0.15) is 0 Å². The molecule has 3 unspecified atom stereocenters. The van der Waals surface area contributed by atoms with Crippen LogP contribution in [0.2, 0.25) is 0 Å². The molecular weight excluding hydrogens is 272 g/mol. The van der Waals surface area contributed by atoms with Crippen LogP contribution in [0, 0.1) is 5.92 Å². The standard InChI is InChI=1S/C19H30N2O/c1-2-22-14-16-8-4-3-7-15(16)13-21-19-10-5-9-17(19)18-11-6-12-20-18/h3-4,7-8,17-21H,2,5-6,9-14H2,1H3. The van der Waals surface area contributed by atoms with E-state index in [0.29, 0.717) is 6.04 Å². The molecule has 0 spiro atoms. The van der Waals surface area contributed by atoms with Crippen molar-refractivity contribution in [2.75, 3.05) is 13.2 Å². The Morgan fingerprint density at radius 3 is 2.77 bits per heavy atom. The van der Waals surface area contributed by atoms with E-state index in [4.69, 9.17) is 4.74 Å². The molecule has 2 N–H and O–H groups in total. The van der Waals surface area contributed by atoms with Crippen molar-refractivity contribution in [2.24, 2.45) is 5.92 Å². The highest BCUT2D eigenvalue weighted by molar-refractivity contribution is 5.26. The average molecular weight is 302 g/mol. The van der Waals surface area contributed by atoms with Gasteiger partial charge in [-0.15, -0.1) is 0 Å². The molecule has 2 fully saturated rings. The summed E-state index contributed by atoms with van der Waals surface area (Å²) in [6.45, 7) is 5.74. The largest absolute Gasteiger partial charge is 0.377 e. The number of benzene rings is 1. The van der Waals surface area contributed by atoms with Gasteiger partial charge in [-0.1, -0.05) is 30.7 Å². The predicted molar refractivity (Wildman–Crippen MR) is 90.8 cm³/mol. The van der Waals surface area contributed by atoms with E-state index in [9.17, 15) is 0 Å². The minimum Gasteiger partial charge on any atom is -0.377 e. The lowest BCUT2D eigenvalue weighted by Crippen LogP contribution is -2.41. The molecule has 3 rings (SSSR count). The van der Waals surface area contributed by atoms with Crippen LogP contribution < -0.4 is 10.6 Å². The summed E-state index contributed by atoms with van der Waals surface area (Å²) in [7, 11) is 0. The van der Waals surface area contributed by atoms with E-state index < -0.39 is 0 Å². The molecule has 1 saturated heterocycles. The van der Waals surface area contributed by atoms with E-state index in [-0.39, 0.29) is 0 Å². The van der Waals surface area contributed by atoms with Crippen LogP contribution in [0.5, 0.6) is 0 Å². The van der Waals surface area contributed by atoms with Crippen molar-refractivity contribution in [1.82, 2.24) is 10.6 Å². The van der Waals surface area contributed by atoms with Gasteiger partial charge in [0.05, 0.1) is 6.61 Å². The van der Waals surface area contributed by atoms with E-state index in [1.165, 1.54) is 49.8 Å². The van der Waals surface area contributed by atoms with Crippen LogP contribution in [-0.2, 0) is 17.9 Å². The zero-order chi connectivity index (χ0) is 15.2. The van der Waals surface area contributed by atoms with Crippen molar-refractivity contribution in [3.05, 3.63) is 35.4 Å². The normalized spacial score (nSPS) is 28.3. The first kappa shape index (κ1) is 16.0. The molecule has 2 aliphatic rings. The minimum absolute atomic E-state index is 0.677. The molecule has 0 amide bonds. The van der Waals surface area contributed by atoms with Crippen LogP contribution >= 0.6 is 0 Å². The Morgan fingerprint density at radius 2 is 2.00 bits per heavy atom. The Balaban J connectivity index is 1.57. The van der Waals surface area contributed by atoms with Gasteiger partial charge >= 0.3 is 0 Å². The maximum Gasteiger partial charge on any atom is 0.0719 e. The van der Waals surface area contributed by atoms with Crippen molar-refractivity contribution in [2.45, 2.75) is 64.3 Å². The first-order valence-electron chi connectivity index (χ1n) is 8.99. The Kier molecular flexibility index (Phi) is 5.88. The lowest BCUT2D eigenvalue weighted by atomic mass is 9.93. The monoisotopic (exact) mass is 302 g/mol. The van der Waals surface area contributed by atoms with E-state index >= 15 is 0 Å². The number of rotatable bonds is 7. The van der Waals surface area contributed by atoms with Crippen LogP contribution in [0.25, 0.3) is 0 Å². The van der Waals surface area contributed by atoms with Gasteiger partial charge in [0.1, 0.15) is 0 Å². The van der Waals surface area contributed by atoms with Crippen molar-refractivity contribution in [1.29, 1.82) is 0 Å².